The third-order valence-corrected chi connectivity index (χ3v) is 9.20. The van der Waals surface area contributed by atoms with Crippen LogP contribution in [0.1, 0.15) is 0 Å². The quantitative estimate of drug-likeness (QED) is 0.196. The van der Waals surface area contributed by atoms with E-state index in [2.05, 4.69) is 161 Å². The maximum Gasteiger partial charge on any atom is 0.140 e. The molecule has 0 atom stereocenters. The van der Waals surface area contributed by atoms with Gasteiger partial charge in [0.05, 0.1) is 27.8 Å². The molecule has 0 unspecified atom stereocenters. The van der Waals surface area contributed by atoms with Crippen LogP contribution in [0, 0.1) is 0 Å². The lowest BCUT2D eigenvalue weighted by Crippen LogP contribution is -1.96. The molecule has 9 rings (SSSR count). The second-order valence-electron chi connectivity index (χ2n) is 12.0. The zero-order valence-corrected chi connectivity index (χ0v) is 25.9. The fourth-order valence-corrected chi connectivity index (χ4v) is 6.94. The third kappa shape index (κ3) is 4.53. The average molecular weight is 603 g/mol. The minimum atomic E-state index is 0.948. The van der Waals surface area contributed by atoms with Crippen molar-refractivity contribution in [3.63, 3.8) is 0 Å². The first-order valence-corrected chi connectivity index (χ1v) is 15.9. The molecule has 0 amide bonds. The Morgan fingerprint density at radius 2 is 1.19 bits per heavy atom. The van der Waals surface area contributed by atoms with Gasteiger partial charge in [-0.2, -0.15) is 0 Å². The minimum absolute atomic E-state index is 0.948. The normalized spacial score (nSPS) is 11.5. The smallest absolute Gasteiger partial charge is 0.140 e. The summed E-state index contributed by atoms with van der Waals surface area (Å²) in [6, 6.07) is 56.0. The number of hydrogen-bond acceptors (Lipinski definition) is 2. The fourth-order valence-electron chi connectivity index (χ4n) is 6.94. The molecular formula is C43H30N4. The van der Waals surface area contributed by atoms with E-state index in [-0.39, 0.29) is 0 Å². The average Bonchev–Trinajstić information content (AvgIpc) is 3.66. The SMILES string of the molecule is Cn1c(-c2ccc3c4c(-c5ccc(-c6ccccc6)cc5)cccc4n(-c4cccc(-c5ccccn5)c4)c3c2)nc2ccccc21. The maximum absolute atomic E-state index is 5.04. The van der Waals surface area contributed by atoms with Gasteiger partial charge < -0.3 is 9.13 Å². The van der Waals surface area contributed by atoms with Crippen LogP contribution < -0.4 is 0 Å². The summed E-state index contributed by atoms with van der Waals surface area (Å²) in [5.74, 6) is 0.948. The van der Waals surface area contributed by atoms with Crippen molar-refractivity contribution in [1.82, 2.24) is 19.1 Å². The van der Waals surface area contributed by atoms with Crippen LogP contribution >= 0.6 is 0 Å². The third-order valence-electron chi connectivity index (χ3n) is 9.20. The molecule has 3 heterocycles. The Hall–Kier alpha value is -6.26. The first kappa shape index (κ1) is 27.1. The van der Waals surface area contributed by atoms with Crippen molar-refractivity contribution in [2.75, 3.05) is 0 Å². The second-order valence-corrected chi connectivity index (χ2v) is 12.0. The predicted octanol–water partition coefficient (Wildman–Crippen LogP) is 10.7. The number of nitrogens with zero attached hydrogens (tertiary/aromatic N) is 4. The Balaban J connectivity index is 1.29. The van der Waals surface area contributed by atoms with E-state index in [0.29, 0.717) is 0 Å². The number of aromatic nitrogens is 4. The standard InChI is InChI=1S/C43H30N4/c1-46-39-18-6-5-17-38(39)45-43(46)33-24-25-36-41(28-33)47(34-14-9-13-32(27-34)37-16-7-8-26-44-37)40-19-10-15-35(42(36)40)31-22-20-30(21-23-31)29-11-3-2-4-12-29/h2-28H,1H3. The Bertz CT molecular complexity index is 2560. The van der Waals surface area contributed by atoms with Gasteiger partial charge in [0.2, 0.25) is 0 Å². The number of rotatable bonds is 5. The van der Waals surface area contributed by atoms with Crippen LogP contribution in [0.15, 0.2) is 164 Å². The Morgan fingerprint density at radius 1 is 0.489 bits per heavy atom. The van der Waals surface area contributed by atoms with Crippen LogP contribution in [0.3, 0.4) is 0 Å². The van der Waals surface area contributed by atoms with Crippen molar-refractivity contribution < 1.29 is 0 Å². The molecule has 4 heteroatoms. The molecule has 0 spiro atoms. The lowest BCUT2D eigenvalue weighted by atomic mass is 9.96. The molecule has 0 fully saturated rings. The predicted molar refractivity (Wildman–Crippen MR) is 195 cm³/mol. The fraction of sp³-hybridized carbons (Fsp3) is 0.0233. The Labute approximate surface area is 272 Å². The summed E-state index contributed by atoms with van der Waals surface area (Å²) >= 11 is 0. The molecule has 0 aliphatic rings. The van der Waals surface area contributed by atoms with Crippen LogP contribution in [0.4, 0.5) is 0 Å². The van der Waals surface area contributed by atoms with Crippen molar-refractivity contribution in [3.05, 3.63) is 164 Å². The highest BCUT2D eigenvalue weighted by molar-refractivity contribution is 6.16. The number of para-hydroxylation sites is 2. The summed E-state index contributed by atoms with van der Waals surface area (Å²) in [4.78, 5) is 9.69. The van der Waals surface area contributed by atoms with Crippen molar-refractivity contribution in [1.29, 1.82) is 0 Å². The highest BCUT2D eigenvalue weighted by Crippen LogP contribution is 2.41. The Kier molecular flexibility index (Phi) is 6.32. The molecule has 0 aliphatic heterocycles. The summed E-state index contributed by atoms with van der Waals surface area (Å²) in [5.41, 5.74) is 13.4. The van der Waals surface area contributed by atoms with Gasteiger partial charge in [-0.05, 0) is 70.8 Å². The first-order chi connectivity index (χ1) is 23.2. The summed E-state index contributed by atoms with van der Waals surface area (Å²) < 4.78 is 4.58. The van der Waals surface area contributed by atoms with Crippen molar-refractivity contribution in [2.24, 2.45) is 7.05 Å². The van der Waals surface area contributed by atoms with Crippen molar-refractivity contribution in [3.8, 4) is 50.6 Å². The lowest BCUT2D eigenvalue weighted by molar-refractivity contribution is 0.959. The molecule has 9 aromatic rings. The van der Waals surface area contributed by atoms with E-state index in [1.807, 2.05) is 24.4 Å². The molecule has 4 nitrogen and oxygen atoms in total. The molecule has 0 radical (unpaired) electrons. The van der Waals surface area contributed by atoms with Crippen LogP contribution in [0.5, 0.6) is 0 Å². The zero-order chi connectivity index (χ0) is 31.3. The first-order valence-electron chi connectivity index (χ1n) is 15.9. The van der Waals surface area contributed by atoms with E-state index < -0.39 is 0 Å². The molecule has 0 saturated carbocycles. The summed E-state index contributed by atoms with van der Waals surface area (Å²) in [6.45, 7) is 0. The van der Waals surface area contributed by atoms with E-state index in [1.54, 1.807) is 0 Å². The molecular weight excluding hydrogens is 573 g/mol. The van der Waals surface area contributed by atoms with E-state index in [9.17, 15) is 0 Å². The number of benzene rings is 6. The lowest BCUT2D eigenvalue weighted by Gasteiger charge is -2.11. The topological polar surface area (TPSA) is 35.6 Å². The van der Waals surface area contributed by atoms with E-state index in [4.69, 9.17) is 4.98 Å². The van der Waals surface area contributed by atoms with Gasteiger partial charge in [-0.15, -0.1) is 0 Å². The maximum atomic E-state index is 5.04. The van der Waals surface area contributed by atoms with Gasteiger partial charge in [0.25, 0.3) is 0 Å². The summed E-state index contributed by atoms with van der Waals surface area (Å²) in [6.07, 6.45) is 1.85. The summed E-state index contributed by atoms with van der Waals surface area (Å²) in [5, 5.41) is 2.43. The molecule has 0 bridgehead atoms. The van der Waals surface area contributed by atoms with Gasteiger partial charge in [0, 0.05) is 40.8 Å². The highest BCUT2D eigenvalue weighted by Gasteiger charge is 2.19. The van der Waals surface area contributed by atoms with Gasteiger partial charge in [0.15, 0.2) is 0 Å². The Morgan fingerprint density at radius 3 is 2.02 bits per heavy atom. The van der Waals surface area contributed by atoms with Crippen LogP contribution in [0.2, 0.25) is 0 Å². The molecule has 6 aromatic carbocycles. The van der Waals surface area contributed by atoms with Crippen LogP contribution in [0.25, 0.3) is 83.4 Å². The zero-order valence-electron chi connectivity index (χ0n) is 25.9. The molecule has 0 aliphatic carbocycles. The number of imidazole rings is 1. The van der Waals surface area contributed by atoms with Gasteiger partial charge in [-0.1, -0.05) is 109 Å². The molecule has 0 N–H and O–H groups in total. The number of fused-ring (bicyclic) bond motifs is 4. The van der Waals surface area contributed by atoms with Gasteiger partial charge in [-0.25, -0.2) is 4.98 Å². The van der Waals surface area contributed by atoms with E-state index >= 15 is 0 Å². The number of hydrogen-bond donors (Lipinski definition) is 0. The number of aryl methyl sites for hydroxylation is 1. The van der Waals surface area contributed by atoms with Crippen molar-refractivity contribution in [2.45, 2.75) is 0 Å². The van der Waals surface area contributed by atoms with Gasteiger partial charge >= 0.3 is 0 Å². The van der Waals surface area contributed by atoms with Crippen LogP contribution in [-0.4, -0.2) is 19.1 Å². The van der Waals surface area contributed by atoms with Crippen molar-refractivity contribution >= 4 is 32.8 Å². The highest BCUT2D eigenvalue weighted by atomic mass is 15.1. The second kappa shape index (κ2) is 11.0. The molecule has 222 valence electrons. The number of pyridine rings is 1. The van der Waals surface area contributed by atoms with E-state index in [1.165, 1.54) is 33.0 Å². The minimum Gasteiger partial charge on any atom is -0.327 e. The van der Waals surface area contributed by atoms with Gasteiger partial charge in [0.1, 0.15) is 5.82 Å². The molecule has 47 heavy (non-hydrogen) atoms. The monoisotopic (exact) mass is 602 g/mol. The van der Waals surface area contributed by atoms with Gasteiger partial charge in [-0.3, -0.25) is 4.98 Å². The largest absolute Gasteiger partial charge is 0.327 e. The molecule has 0 saturated heterocycles. The van der Waals surface area contributed by atoms with Crippen LogP contribution in [-0.2, 0) is 7.05 Å². The molecule has 3 aromatic heterocycles. The van der Waals surface area contributed by atoms with E-state index in [0.717, 1.165) is 50.4 Å². The summed E-state index contributed by atoms with van der Waals surface area (Å²) in [7, 11) is 2.10.